The van der Waals surface area contributed by atoms with E-state index in [9.17, 15) is 9.90 Å². The van der Waals surface area contributed by atoms with E-state index in [1.165, 1.54) is 0 Å². The van der Waals surface area contributed by atoms with Gasteiger partial charge in [-0.15, -0.1) is 0 Å². The molecule has 2 unspecified atom stereocenters. The Morgan fingerprint density at radius 3 is 2.68 bits per heavy atom. The van der Waals surface area contributed by atoms with Gasteiger partial charge in [-0.3, -0.25) is 9.36 Å². The molecule has 136 valence electrons. The van der Waals surface area contributed by atoms with Crippen molar-refractivity contribution in [2.45, 2.75) is 52.6 Å². The summed E-state index contributed by atoms with van der Waals surface area (Å²) in [7, 11) is 1.82. The van der Waals surface area contributed by atoms with Crippen LogP contribution in [0.3, 0.4) is 0 Å². The van der Waals surface area contributed by atoms with Crippen LogP contribution >= 0.6 is 0 Å². The van der Waals surface area contributed by atoms with E-state index >= 15 is 0 Å². The minimum absolute atomic E-state index is 0.0164. The lowest BCUT2D eigenvalue weighted by Crippen LogP contribution is -2.38. The molecular formula is C19H27N3O3. The van der Waals surface area contributed by atoms with Gasteiger partial charge < -0.3 is 14.5 Å². The van der Waals surface area contributed by atoms with E-state index in [0.29, 0.717) is 17.9 Å². The van der Waals surface area contributed by atoms with Gasteiger partial charge in [0.2, 0.25) is 0 Å². The second-order valence-electron chi connectivity index (χ2n) is 7.21. The maximum Gasteiger partial charge on any atom is 0.255 e. The third-order valence-corrected chi connectivity index (χ3v) is 5.23. The molecule has 0 spiro atoms. The molecule has 6 heteroatoms. The fourth-order valence-electron chi connectivity index (χ4n) is 3.83. The number of aryl methyl sites for hydroxylation is 2. The Labute approximate surface area is 148 Å². The van der Waals surface area contributed by atoms with Crippen molar-refractivity contribution in [2.75, 3.05) is 13.6 Å². The largest absolute Gasteiger partial charge is 0.393 e. The average molecular weight is 345 g/mol. The number of nitrogens with zero attached hydrogens (tertiary/aromatic N) is 3. The summed E-state index contributed by atoms with van der Waals surface area (Å²) in [6.45, 7) is 6.32. The highest BCUT2D eigenvalue weighted by molar-refractivity contribution is 5.95. The van der Waals surface area contributed by atoms with Crippen LogP contribution < -0.4 is 0 Å². The Balaban J connectivity index is 1.80. The number of aromatic nitrogens is 2. The van der Waals surface area contributed by atoms with Crippen molar-refractivity contribution >= 4 is 5.91 Å². The van der Waals surface area contributed by atoms with Gasteiger partial charge >= 0.3 is 0 Å². The predicted octanol–water partition coefficient (Wildman–Crippen LogP) is 3.01. The van der Waals surface area contributed by atoms with Crippen molar-refractivity contribution in [1.29, 1.82) is 0 Å². The lowest BCUT2D eigenvalue weighted by molar-refractivity contribution is 0.0451. The lowest BCUT2D eigenvalue weighted by Gasteiger charge is -2.31. The molecule has 1 N–H and O–H groups in total. The van der Waals surface area contributed by atoms with Crippen LogP contribution in [-0.2, 0) is 0 Å². The Bertz CT molecular complexity index is 762. The van der Waals surface area contributed by atoms with E-state index in [1.54, 1.807) is 4.90 Å². The zero-order valence-electron chi connectivity index (χ0n) is 15.5. The summed E-state index contributed by atoms with van der Waals surface area (Å²) in [6.07, 6.45) is 3.73. The van der Waals surface area contributed by atoms with E-state index in [2.05, 4.69) is 5.16 Å². The van der Waals surface area contributed by atoms with Crippen LogP contribution in [0.15, 0.2) is 16.7 Å². The number of rotatable bonds is 4. The molecule has 6 nitrogen and oxygen atoms in total. The molecule has 25 heavy (non-hydrogen) atoms. The highest BCUT2D eigenvalue weighted by Crippen LogP contribution is 2.26. The van der Waals surface area contributed by atoms with Crippen molar-refractivity contribution in [3.05, 3.63) is 34.8 Å². The highest BCUT2D eigenvalue weighted by Gasteiger charge is 2.27. The number of hydrogen-bond acceptors (Lipinski definition) is 4. The molecule has 2 atom stereocenters. The SMILES string of the molecule is Cc1cc(-n2c(C)cc(C(=O)N(C)CC3CCCCC3O)c2C)no1. The van der Waals surface area contributed by atoms with Gasteiger partial charge in [0.1, 0.15) is 5.76 Å². The summed E-state index contributed by atoms with van der Waals surface area (Å²) >= 11 is 0. The number of carbonyl (C=O) groups is 1. The zero-order chi connectivity index (χ0) is 18.1. The molecule has 1 aliphatic carbocycles. The van der Waals surface area contributed by atoms with Gasteiger partial charge in [-0.05, 0) is 39.7 Å². The van der Waals surface area contributed by atoms with E-state index in [4.69, 9.17) is 4.52 Å². The van der Waals surface area contributed by atoms with Crippen LogP contribution in [0, 0.1) is 26.7 Å². The van der Waals surface area contributed by atoms with Gasteiger partial charge in [0.05, 0.1) is 11.7 Å². The normalized spacial score (nSPS) is 20.7. The standard InChI is InChI=1S/C19H27N3O3/c1-12-9-16(14(3)22(12)18-10-13(2)25-20-18)19(24)21(4)11-15-7-5-6-8-17(15)23/h9-10,15,17,23H,5-8,11H2,1-4H3. The van der Waals surface area contributed by atoms with E-state index in [-0.39, 0.29) is 17.9 Å². The molecule has 0 bridgehead atoms. The van der Waals surface area contributed by atoms with Gasteiger partial charge in [0.25, 0.3) is 5.91 Å². The van der Waals surface area contributed by atoms with Crippen LogP contribution in [0.2, 0.25) is 0 Å². The van der Waals surface area contributed by atoms with Gasteiger partial charge in [-0.1, -0.05) is 18.0 Å². The van der Waals surface area contributed by atoms with Crippen LogP contribution in [-0.4, -0.2) is 45.3 Å². The van der Waals surface area contributed by atoms with Crippen molar-refractivity contribution < 1.29 is 14.4 Å². The van der Waals surface area contributed by atoms with E-state index in [1.807, 2.05) is 44.5 Å². The van der Waals surface area contributed by atoms with Gasteiger partial charge in [-0.25, -0.2) is 0 Å². The topological polar surface area (TPSA) is 71.5 Å². The Morgan fingerprint density at radius 2 is 2.04 bits per heavy atom. The van der Waals surface area contributed by atoms with E-state index < -0.39 is 0 Å². The molecule has 1 aliphatic rings. The molecule has 1 saturated carbocycles. The van der Waals surface area contributed by atoms with Crippen molar-refractivity contribution in [1.82, 2.24) is 14.6 Å². The Hall–Kier alpha value is -2.08. The van der Waals surface area contributed by atoms with Crippen LogP contribution in [0.5, 0.6) is 0 Å². The number of aliphatic hydroxyl groups excluding tert-OH is 1. The summed E-state index contributed by atoms with van der Waals surface area (Å²) in [5.74, 6) is 1.58. The van der Waals surface area contributed by atoms with Gasteiger partial charge in [-0.2, -0.15) is 0 Å². The summed E-state index contributed by atoms with van der Waals surface area (Å²) in [4.78, 5) is 14.7. The minimum atomic E-state index is -0.297. The second-order valence-corrected chi connectivity index (χ2v) is 7.21. The molecule has 0 radical (unpaired) electrons. The van der Waals surface area contributed by atoms with Gasteiger partial charge in [0.15, 0.2) is 5.82 Å². The van der Waals surface area contributed by atoms with Crippen LogP contribution in [0.1, 0.15) is 53.2 Å². The summed E-state index contributed by atoms with van der Waals surface area (Å²) in [5, 5.41) is 14.2. The molecule has 2 aromatic heterocycles. The minimum Gasteiger partial charge on any atom is -0.393 e. The third-order valence-electron chi connectivity index (χ3n) is 5.23. The first-order valence-corrected chi connectivity index (χ1v) is 8.94. The molecule has 0 saturated heterocycles. The molecular weight excluding hydrogens is 318 g/mol. The molecule has 0 aromatic carbocycles. The summed E-state index contributed by atoms with van der Waals surface area (Å²) in [6, 6.07) is 3.76. The monoisotopic (exact) mass is 345 g/mol. The zero-order valence-corrected chi connectivity index (χ0v) is 15.5. The van der Waals surface area contributed by atoms with Crippen molar-refractivity contribution in [3.63, 3.8) is 0 Å². The van der Waals surface area contributed by atoms with Gasteiger partial charge in [0, 0.05) is 37.0 Å². The summed E-state index contributed by atoms with van der Waals surface area (Å²) < 4.78 is 7.10. The lowest BCUT2D eigenvalue weighted by atomic mass is 9.86. The van der Waals surface area contributed by atoms with Crippen molar-refractivity contribution in [2.24, 2.45) is 5.92 Å². The summed E-state index contributed by atoms with van der Waals surface area (Å²) in [5.41, 5.74) is 2.47. The Morgan fingerprint density at radius 1 is 1.32 bits per heavy atom. The molecule has 1 amide bonds. The maximum absolute atomic E-state index is 12.9. The van der Waals surface area contributed by atoms with Crippen molar-refractivity contribution in [3.8, 4) is 5.82 Å². The molecule has 1 fully saturated rings. The number of carbonyl (C=O) groups excluding carboxylic acids is 1. The second kappa shape index (κ2) is 7.04. The van der Waals surface area contributed by atoms with E-state index in [0.717, 1.165) is 42.8 Å². The first-order valence-electron chi connectivity index (χ1n) is 8.94. The first kappa shape index (κ1) is 17.7. The predicted molar refractivity (Wildman–Crippen MR) is 95.0 cm³/mol. The molecule has 3 rings (SSSR count). The smallest absolute Gasteiger partial charge is 0.255 e. The van der Waals surface area contributed by atoms with Crippen LogP contribution in [0.25, 0.3) is 5.82 Å². The quantitative estimate of drug-likeness (QED) is 0.924. The molecule has 2 aromatic rings. The fourth-order valence-corrected chi connectivity index (χ4v) is 3.83. The number of hydrogen-bond donors (Lipinski definition) is 1. The third kappa shape index (κ3) is 3.49. The Kier molecular flexibility index (Phi) is 4.99. The highest BCUT2D eigenvalue weighted by atomic mass is 16.5. The van der Waals surface area contributed by atoms with Crippen LogP contribution in [0.4, 0.5) is 0 Å². The molecule has 0 aliphatic heterocycles. The first-order chi connectivity index (χ1) is 11.9. The fraction of sp³-hybridized carbons (Fsp3) is 0.579. The molecule has 2 heterocycles. The maximum atomic E-state index is 12.9. The number of amides is 1. The average Bonchev–Trinajstić information content (AvgIpc) is 3.11. The number of aliphatic hydroxyl groups is 1.